The van der Waals surface area contributed by atoms with Crippen molar-refractivity contribution in [2.45, 2.75) is 6.92 Å². The molecule has 1 amide bonds. The molecule has 1 fully saturated rings. The van der Waals surface area contributed by atoms with Crippen LogP contribution in [0.5, 0.6) is 0 Å². The van der Waals surface area contributed by atoms with E-state index in [2.05, 4.69) is 20.4 Å². The quantitative estimate of drug-likeness (QED) is 0.837. The summed E-state index contributed by atoms with van der Waals surface area (Å²) >= 11 is 0. The predicted octanol–water partition coefficient (Wildman–Crippen LogP) is -0.206. The van der Waals surface area contributed by atoms with Crippen molar-refractivity contribution in [1.82, 2.24) is 25.3 Å². The first-order chi connectivity index (χ1) is 10.2. The van der Waals surface area contributed by atoms with Gasteiger partial charge in [-0.05, 0) is 6.92 Å². The van der Waals surface area contributed by atoms with Crippen molar-refractivity contribution in [2.75, 3.05) is 44.7 Å². The molecule has 2 aromatic rings. The lowest BCUT2D eigenvalue weighted by Crippen LogP contribution is -2.49. The number of hydrogen-bond acceptors (Lipinski definition) is 7. The van der Waals surface area contributed by atoms with Gasteiger partial charge in [-0.2, -0.15) is 4.98 Å². The third-order valence-electron chi connectivity index (χ3n) is 3.63. The molecule has 21 heavy (non-hydrogen) atoms. The molecule has 0 radical (unpaired) electrons. The van der Waals surface area contributed by atoms with Gasteiger partial charge >= 0.3 is 0 Å². The van der Waals surface area contributed by atoms with Crippen molar-refractivity contribution in [2.24, 2.45) is 0 Å². The first-order valence-electron chi connectivity index (χ1n) is 6.93. The van der Waals surface area contributed by atoms with Crippen molar-refractivity contribution in [1.29, 1.82) is 0 Å². The molecule has 3 rings (SSSR count). The smallest absolute Gasteiger partial charge is 0.263 e. The van der Waals surface area contributed by atoms with E-state index in [1.54, 1.807) is 0 Å². The van der Waals surface area contributed by atoms with Crippen molar-refractivity contribution >= 4 is 22.8 Å². The van der Waals surface area contributed by atoms with Gasteiger partial charge < -0.3 is 19.6 Å². The van der Waals surface area contributed by atoms with E-state index in [4.69, 9.17) is 4.52 Å². The van der Waals surface area contributed by atoms with E-state index in [1.165, 1.54) is 6.33 Å². The highest BCUT2D eigenvalue weighted by Gasteiger charge is 2.21. The number of aromatic nitrogens is 3. The summed E-state index contributed by atoms with van der Waals surface area (Å²) in [5.41, 5.74) is 1.17. The molecule has 3 heterocycles. The lowest BCUT2D eigenvalue weighted by Gasteiger charge is -2.29. The Morgan fingerprint density at radius 3 is 2.95 bits per heavy atom. The van der Waals surface area contributed by atoms with Crippen LogP contribution in [0.15, 0.2) is 10.9 Å². The summed E-state index contributed by atoms with van der Waals surface area (Å²) in [4.78, 5) is 24.3. The molecule has 0 atom stereocenters. The van der Waals surface area contributed by atoms with Gasteiger partial charge in [-0.15, -0.1) is 0 Å². The monoisotopic (exact) mass is 290 g/mol. The van der Waals surface area contributed by atoms with E-state index < -0.39 is 0 Å². The third kappa shape index (κ3) is 2.66. The van der Waals surface area contributed by atoms with Crippen molar-refractivity contribution in [3.8, 4) is 0 Å². The lowest BCUT2D eigenvalue weighted by molar-refractivity contribution is -0.130. The second kappa shape index (κ2) is 5.65. The summed E-state index contributed by atoms with van der Waals surface area (Å²) in [6, 6.07) is 0. The van der Waals surface area contributed by atoms with E-state index in [0.717, 1.165) is 37.3 Å². The summed E-state index contributed by atoms with van der Waals surface area (Å²) in [7, 11) is 1.84. The summed E-state index contributed by atoms with van der Waals surface area (Å²) in [6.07, 6.45) is 1.42. The zero-order valence-electron chi connectivity index (χ0n) is 12.2. The zero-order valence-corrected chi connectivity index (χ0v) is 12.2. The fourth-order valence-electron chi connectivity index (χ4n) is 2.49. The number of nitrogens with one attached hydrogen (secondary N) is 1. The molecular formula is C13H18N6O2. The molecule has 8 nitrogen and oxygen atoms in total. The maximum atomic E-state index is 12.3. The van der Waals surface area contributed by atoms with E-state index in [0.29, 0.717) is 11.5 Å². The molecule has 1 N–H and O–H groups in total. The van der Waals surface area contributed by atoms with Crippen LogP contribution in [0.3, 0.4) is 0 Å². The van der Waals surface area contributed by atoms with Gasteiger partial charge in [0.25, 0.3) is 5.71 Å². The number of hydrogen-bond donors (Lipinski definition) is 1. The van der Waals surface area contributed by atoms with Gasteiger partial charge in [-0.1, -0.05) is 5.16 Å². The summed E-state index contributed by atoms with van der Waals surface area (Å²) in [6.45, 7) is 5.30. The Hall–Kier alpha value is -2.22. The standard InChI is InChI=1S/C13H18N6O2/c1-9-11-12(15-8-16-13(11)21-17-9)18(2)7-10(20)19-5-3-14-4-6-19/h8,14H,3-7H2,1-2H3. The first kappa shape index (κ1) is 13.7. The summed E-state index contributed by atoms with van der Waals surface area (Å²) in [5, 5.41) is 7.89. The molecule has 1 saturated heterocycles. The largest absolute Gasteiger partial charge is 0.350 e. The minimum atomic E-state index is 0.0971. The highest BCUT2D eigenvalue weighted by molar-refractivity contribution is 5.90. The van der Waals surface area contributed by atoms with E-state index in [-0.39, 0.29) is 12.5 Å². The molecule has 0 saturated carbocycles. The van der Waals surface area contributed by atoms with Crippen LogP contribution in [0, 0.1) is 6.92 Å². The second-order valence-electron chi connectivity index (χ2n) is 5.13. The average Bonchev–Trinajstić information content (AvgIpc) is 2.90. The maximum absolute atomic E-state index is 12.3. The molecule has 112 valence electrons. The maximum Gasteiger partial charge on any atom is 0.263 e. The fourth-order valence-corrected chi connectivity index (χ4v) is 2.49. The SMILES string of the molecule is Cc1noc2ncnc(N(C)CC(=O)N3CCNCC3)c12. The number of aryl methyl sites for hydroxylation is 1. The van der Waals surface area contributed by atoms with Gasteiger partial charge in [0, 0.05) is 33.2 Å². The molecular weight excluding hydrogens is 272 g/mol. The Kier molecular flexibility index (Phi) is 3.70. The van der Waals surface area contributed by atoms with Crippen LogP contribution in [0.2, 0.25) is 0 Å². The van der Waals surface area contributed by atoms with Crippen molar-refractivity contribution in [3.05, 3.63) is 12.0 Å². The molecule has 2 aromatic heterocycles. The number of anilines is 1. The summed E-state index contributed by atoms with van der Waals surface area (Å²) in [5.74, 6) is 0.766. The van der Waals surface area contributed by atoms with Crippen LogP contribution in [-0.2, 0) is 4.79 Å². The molecule has 0 unspecified atom stereocenters. The Labute approximate surface area is 122 Å². The first-order valence-corrected chi connectivity index (χ1v) is 6.93. The minimum Gasteiger partial charge on any atom is -0.350 e. The third-order valence-corrected chi connectivity index (χ3v) is 3.63. The number of rotatable bonds is 3. The number of likely N-dealkylation sites (N-methyl/N-ethyl adjacent to an activating group) is 1. The number of amides is 1. The second-order valence-corrected chi connectivity index (χ2v) is 5.13. The van der Waals surface area contributed by atoms with Crippen LogP contribution in [-0.4, -0.2) is 65.7 Å². The van der Waals surface area contributed by atoms with Crippen LogP contribution in [0.25, 0.3) is 11.1 Å². The zero-order chi connectivity index (χ0) is 14.8. The van der Waals surface area contributed by atoms with Crippen molar-refractivity contribution < 1.29 is 9.32 Å². The Balaban J connectivity index is 1.79. The van der Waals surface area contributed by atoms with E-state index in [9.17, 15) is 4.79 Å². The normalized spacial score (nSPS) is 15.4. The average molecular weight is 290 g/mol. The molecule has 0 spiro atoms. The van der Waals surface area contributed by atoms with Crippen molar-refractivity contribution in [3.63, 3.8) is 0 Å². The van der Waals surface area contributed by atoms with Crippen LogP contribution in [0.1, 0.15) is 5.69 Å². The lowest BCUT2D eigenvalue weighted by atomic mass is 10.3. The Bertz CT molecular complexity index is 649. The predicted molar refractivity (Wildman–Crippen MR) is 77.1 cm³/mol. The fraction of sp³-hybridized carbons (Fsp3) is 0.538. The van der Waals surface area contributed by atoms with Crippen LogP contribution >= 0.6 is 0 Å². The Morgan fingerprint density at radius 1 is 1.43 bits per heavy atom. The van der Waals surface area contributed by atoms with E-state index >= 15 is 0 Å². The Morgan fingerprint density at radius 2 is 2.19 bits per heavy atom. The van der Waals surface area contributed by atoms with Gasteiger partial charge in [0.1, 0.15) is 17.5 Å². The van der Waals surface area contributed by atoms with Gasteiger partial charge in [-0.25, -0.2) is 4.98 Å². The van der Waals surface area contributed by atoms with E-state index in [1.807, 2.05) is 23.8 Å². The van der Waals surface area contributed by atoms with Gasteiger partial charge in [-0.3, -0.25) is 4.79 Å². The highest BCUT2D eigenvalue weighted by atomic mass is 16.5. The van der Waals surface area contributed by atoms with Crippen LogP contribution in [0.4, 0.5) is 5.82 Å². The number of piperazine rings is 1. The molecule has 0 bridgehead atoms. The summed E-state index contributed by atoms with van der Waals surface area (Å²) < 4.78 is 5.13. The molecule has 1 aliphatic rings. The molecule has 0 aromatic carbocycles. The topological polar surface area (TPSA) is 87.4 Å². The van der Waals surface area contributed by atoms with Gasteiger partial charge in [0.15, 0.2) is 0 Å². The number of nitrogens with zero attached hydrogens (tertiary/aromatic N) is 5. The molecule has 8 heteroatoms. The molecule has 0 aliphatic carbocycles. The number of fused-ring (bicyclic) bond motifs is 1. The van der Waals surface area contributed by atoms with Gasteiger partial charge in [0.05, 0.1) is 12.2 Å². The minimum absolute atomic E-state index is 0.0971. The number of carbonyl (C=O) groups excluding carboxylic acids is 1. The van der Waals surface area contributed by atoms with Crippen LogP contribution < -0.4 is 10.2 Å². The number of carbonyl (C=O) groups is 1. The van der Waals surface area contributed by atoms with Gasteiger partial charge in [0.2, 0.25) is 5.91 Å². The molecule has 1 aliphatic heterocycles. The highest BCUT2D eigenvalue weighted by Crippen LogP contribution is 2.24.